The first-order chi connectivity index (χ1) is 11.5. The zero-order valence-electron chi connectivity index (χ0n) is 15.7. The first kappa shape index (κ1) is 19.8. The number of rotatable bonds is 8. The third-order valence-electron chi connectivity index (χ3n) is 4.07. The normalized spacial score (nSPS) is 14.0. The Balaban J connectivity index is 3.15. The molecule has 0 saturated heterocycles. The highest BCUT2D eigenvalue weighted by molar-refractivity contribution is 5.75. The van der Waals surface area contributed by atoms with Crippen molar-refractivity contribution < 1.29 is 5.11 Å². The van der Waals surface area contributed by atoms with Crippen LogP contribution in [0.1, 0.15) is 51.7 Å². The Bertz CT molecular complexity index is 630. The molecule has 0 radical (unpaired) electrons. The smallest absolute Gasteiger partial charge is 0.278 e. The van der Waals surface area contributed by atoms with Gasteiger partial charge in [0, 0.05) is 13.1 Å². The average Bonchev–Trinajstić information content (AvgIpc) is 2.61. The van der Waals surface area contributed by atoms with Gasteiger partial charge in [-0.25, -0.2) is 0 Å². The van der Waals surface area contributed by atoms with E-state index in [-0.39, 0.29) is 0 Å². The van der Waals surface area contributed by atoms with Crippen LogP contribution in [0, 0.1) is 0 Å². The lowest BCUT2D eigenvalue weighted by molar-refractivity contribution is 0.417. The summed E-state index contributed by atoms with van der Waals surface area (Å²) in [6, 6.07) is 8.62. The minimum absolute atomic E-state index is 0.497. The van der Waals surface area contributed by atoms with Gasteiger partial charge in [-0.05, 0) is 49.0 Å². The second-order valence-electron chi connectivity index (χ2n) is 5.87. The molecule has 0 heterocycles. The molecule has 0 atom stereocenters. The van der Waals surface area contributed by atoms with Crippen molar-refractivity contribution in [2.75, 3.05) is 7.05 Å². The Morgan fingerprint density at radius 2 is 1.75 bits per heavy atom. The minimum Gasteiger partial charge on any atom is -0.592 e. The van der Waals surface area contributed by atoms with Crippen molar-refractivity contribution in [1.82, 2.24) is 5.32 Å². The summed E-state index contributed by atoms with van der Waals surface area (Å²) in [5.41, 5.74) is 5.72. The highest BCUT2D eigenvalue weighted by Gasteiger charge is 2.08. The average molecular weight is 327 g/mol. The van der Waals surface area contributed by atoms with E-state index in [1.54, 1.807) is 0 Å². The van der Waals surface area contributed by atoms with Crippen LogP contribution >= 0.6 is 0 Å². The summed E-state index contributed by atoms with van der Waals surface area (Å²) in [6.45, 7) is 8.53. The summed E-state index contributed by atoms with van der Waals surface area (Å²) < 4.78 is 0. The molecule has 2 heteroatoms. The highest BCUT2D eigenvalue weighted by atomic mass is 16.3. The fourth-order valence-corrected chi connectivity index (χ4v) is 2.30. The van der Waals surface area contributed by atoms with Gasteiger partial charge in [-0.1, -0.05) is 62.8 Å². The maximum Gasteiger partial charge on any atom is 0.278 e. The van der Waals surface area contributed by atoms with Crippen molar-refractivity contribution in [1.29, 1.82) is 0 Å². The summed E-state index contributed by atoms with van der Waals surface area (Å²) >= 11 is 0. The molecule has 0 saturated carbocycles. The molecule has 24 heavy (non-hydrogen) atoms. The third kappa shape index (κ3) is 6.11. The Kier molecular flexibility index (Phi) is 8.70. The molecule has 1 aromatic rings. The largest absolute Gasteiger partial charge is 0.592 e. The van der Waals surface area contributed by atoms with Crippen molar-refractivity contribution in [3.63, 3.8) is 0 Å². The second-order valence-corrected chi connectivity index (χ2v) is 5.87. The van der Waals surface area contributed by atoms with Crippen LogP contribution in [0.5, 0.6) is 0 Å². The van der Waals surface area contributed by atoms with Gasteiger partial charge >= 0.3 is 0 Å². The van der Waals surface area contributed by atoms with Crippen LogP contribution in [0.2, 0.25) is 0 Å². The lowest BCUT2D eigenvalue weighted by atomic mass is 10.0. The summed E-state index contributed by atoms with van der Waals surface area (Å²) in [7, 11) is 1.86. The number of nitrogens with one attached hydrogen (secondary N) is 1. The van der Waals surface area contributed by atoms with Crippen molar-refractivity contribution in [2.24, 2.45) is 0 Å². The van der Waals surface area contributed by atoms with Crippen LogP contribution in [0.4, 0.5) is 0 Å². The van der Waals surface area contributed by atoms with Gasteiger partial charge in [0.2, 0.25) is 0 Å². The standard InChI is InChI=1S/C22H31NO/c1-6-9-20(19-13-11-18(8-3)12-14-19)16-22(24)21(23-5)15-10-17(4)7-2/h9-16,23-24H,6-8H2,1-5H3/p+1/b17-10+,20-9+,21-15-,22-16-. The summed E-state index contributed by atoms with van der Waals surface area (Å²) in [5.74, 6) is 0.497. The molecule has 0 amide bonds. The molecule has 0 aromatic heterocycles. The Labute approximate surface area is 147 Å². The van der Waals surface area contributed by atoms with E-state index in [2.05, 4.69) is 69.4 Å². The number of benzene rings is 1. The lowest BCUT2D eigenvalue weighted by Gasteiger charge is -2.06. The van der Waals surface area contributed by atoms with Crippen LogP contribution in [0.15, 0.2) is 65.6 Å². The first-order valence-electron chi connectivity index (χ1n) is 8.83. The van der Waals surface area contributed by atoms with Gasteiger partial charge in [-0.3, -0.25) is 0 Å². The quantitative estimate of drug-likeness (QED) is 0.402. The van der Waals surface area contributed by atoms with E-state index < -0.39 is 0 Å². The van der Waals surface area contributed by atoms with E-state index in [0.29, 0.717) is 5.76 Å². The lowest BCUT2D eigenvalue weighted by Crippen LogP contribution is -2.08. The van der Waals surface area contributed by atoms with Gasteiger partial charge in [-0.2, -0.15) is 0 Å². The zero-order chi connectivity index (χ0) is 17.9. The van der Waals surface area contributed by atoms with Crippen LogP contribution in [-0.4, -0.2) is 12.2 Å². The molecule has 0 unspecified atom stereocenters. The monoisotopic (exact) mass is 326 g/mol. The van der Waals surface area contributed by atoms with Crippen molar-refractivity contribution in [3.8, 4) is 0 Å². The Morgan fingerprint density at radius 1 is 1.08 bits per heavy atom. The van der Waals surface area contributed by atoms with E-state index in [4.69, 9.17) is 5.11 Å². The topological polar surface area (TPSA) is 34.9 Å². The van der Waals surface area contributed by atoms with Gasteiger partial charge in [0.25, 0.3) is 5.76 Å². The van der Waals surface area contributed by atoms with E-state index >= 15 is 0 Å². The van der Waals surface area contributed by atoms with Crippen molar-refractivity contribution in [3.05, 3.63) is 76.7 Å². The van der Waals surface area contributed by atoms with E-state index in [1.807, 2.05) is 19.2 Å². The molecule has 1 aromatic carbocycles. The molecular weight excluding hydrogens is 294 g/mol. The van der Waals surface area contributed by atoms with Gasteiger partial charge in [0.1, 0.15) is 5.70 Å². The number of hydrogen-bond acceptors (Lipinski definition) is 1. The summed E-state index contributed by atoms with van der Waals surface area (Å²) in [5, 5.41) is 11.6. The van der Waals surface area contributed by atoms with Gasteiger partial charge in [0.15, 0.2) is 0 Å². The maximum absolute atomic E-state index is 8.43. The SMILES string of the molecule is CC\C=C(/C=C([OH2+])/C(=C/C=C(\C)CC)NC)c1ccc(CC)cc1. The summed E-state index contributed by atoms with van der Waals surface area (Å²) in [4.78, 5) is 0. The number of likely N-dealkylation sites (N-methyl/N-ethyl adjacent to an activating group) is 1. The molecule has 0 aliphatic heterocycles. The third-order valence-corrected chi connectivity index (χ3v) is 4.07. The highest BCUT2D eigenvalue weighted by Crippen LogP contribution is 2.21. The van der Waals surface area contributed by atoms with Crippen molar-refractivity contribution >= 4 is 5.57 Å². The van der Waals surface area contributed by atoms with Gasteiger partial charge in [-0.15, -0.1) is 0 Å². The Morgan fingerprint density at radius 3 is 2.25 bits per heavy atom. The Hall–Kier alpha value is -2.22. The molecule has 0 bridgehead atoms. The number of hydrogen-bond donors (Lipinski definition) is 1. The van der Waals surface area contributed by atoms with Gasteiger partial charge in [0.05, 0.1) is 0 Å². The second kappa shape index (κ2) is 10.5. The molecule has 2 nitrogen and oxygen atoms in total. The van der Waals surface area contributed by atoms with Gasteiger partial charge < -0.3 is 10.4 Å². The van der Waals surface area contributed by atoms with E-state index in [9.17, 15) is 0 Å². The molecular formula is C22H32NO+. The fraction of sp³-hybridized carbons (Fsp3) is 0.364. The molecule has 0 aliphatic carbocycles. The molecule has 0 aliphatic rings. The molecule has 0 spiro atoms. The van der Waals surface area contributed by atoms with Crippen LogP contribution in [0.3, 0.4) is 0 Å². The zero-order valence-corrected chi connectivity index (χ0v) is 15.7. The molecule has 3 N–H and O–H groups in total. The van der Waals surface area contributed by atoms with Crippen LogP contribution < -0.4 is 5.32 Å². The number of aryl methyl sites for hydroxylation is 1. The van der Waals surface area contributed by atoms with E-state index in [0.717, 1.165) is 36.1 Å². The molecule has 130 valence electrons. The minimum atomic E-state index is 0.497. The summed E-state index contributed by atoms with van der Waals surface area (Å²) in [6.07, 6.45) is 11.2. The van der Waals surface area contributed by atoms with Crippen LogP contribution in [-0.2, 0) is 6.42 Å². The number of allylic oxidation sites excluding steroid dienone is 6. The maximum atomic E-state index is 8.43. The predicted molar refractivity (Wildman–Crippen MR) is 107 cm³/mol. The molecule has 0 fully saturated rings. The van der Waals surface area contributed by atoms with Crippen molar-refractivity contribution in [2.45, 2.75) is 47.0 Å². The van der Waals surface area contributed by atoms with E-state index in [1.165, 1.54) is 11.1 Å². The molecule has 1 rings (SSSR count). The first-order valence-corrected chi connectivity index (χ1v) is 8.83. The van der Waals surface area contributed by atoms with Crippen LogP contribution in [0.25, 0.3) is 5.57 Å². The predicted octanol–water partition coefficient (Wildman–Crippen LogP) is 5.11. The fourth-order valence-electron chi connectivity index (χ4n) is 2.30.